The number of amides is 1. The molecule has 2 aromatic carbocycles. The van der Waals surface area contributed by atoms with E-state index in [-0.39, 0.29) is 5.91 Å². The monoisotopic (exact) mass is 368 g/mol. The number of aryl methyl sites for hydroxylation is 1. The van der Waals surface area contributed by atoms with Crippen molar-refractivity contribution in [2.45, 2.75) is 13.8 Å². The highest BCUT2D eigenvalue weighted by atomic mass is 16.1. The molecule has 0 spiro atoms. The van der Waals surface area contributed by atoms with Gasteiger partial charge in [0.25, 0.3) is 5.91 Å². The number of rotatable bonds is 4. The zero-order valence-electron chi connectivity index (χ0n) is 15.7. The summed E-state index contributed by atoms with van der Waals surface area (Å²) in [5.74, 6) is -0.227. The van der Waals surface area contributed by atoms with Crippen LogP contribution in [0, 0.1) is 13.8 Å². The van der Waals surface area contributed by atoms with Crippen molar-refractivity contribution < 1.29 is 4.79 Å². The summed E-state index contributed by atoms with van der Waals surface area (Å²) in [4.78, 5) is 21.4. The summed E-state index contributed by atoms with van der Waals surface area (Å²) in [7, 11) is 0. The number of carbonyl (C=O) groups is 1. The van der Waals surface area contributed by atoms with Crippen molar-refractivity contribution in [3.05, 3.63) is 89.9 Å². The first-order valence-electron chi connectivity index (χ1n) is 9.05. The van der Waals surface area contributed by atoms with E-state index in [2.05, 4.69) is 40.5 Å². The Labute approximate surface area is 163 Å². The summed E-state index contributed by atoms with van der Waals surface area (Å²) < 4.78 is 0. The lowest BCUT2D eigenvalue weighted by Gasteiger charge is -2.12. The van der Waals surface area contributed by atoms with Crippen LogP contribution < -0.4 is 10.6 Å². The predicted octanol–water partition coefficient (Wildman–Crippen LogP) is 5.24. The van der Waals surface area contributed by atoms with E-state index < -0.39 is 0 Å². The van der Waals surface area contributed by atoms with Gasteiger partial charge >= 0.3 is 0 Å². The van der Waals surface area contributed by atoms with E-state index in [1.54, 1.807) is 24.7 Å². The number of para-hydroxylation sites is 1. The Hall–Kier alpha value is -3.73. The maximum absolute atomic E-state index is 12.8. The normalized spacial score (nSPS) is 10.6. The summed E-state index contributed by atoms with van der Waals surface area (Å²) in [5, 5.41) is 7.27. The Kier molecular flexibility index (Phi) is 4.72. The molecule has 0 aliphatic carbocycles. The molecule has 0 saturated heterocycles. The number of benzene rings is 2. The van der Waals surface area contributed by atoms with Crippen LogP contribution in [0.25, 0.3) is 10.9 Å². The highest BCUT2D eigenvalue weighted by Crippen LogP contribution is 2.24. The quantitative estimate of drug-likeness (QED) is 0.517. The summed E-state index contributed by atoms with van der Waals surface area (Å²) in [5.41, 5.74) is 6.04. The average Bonchev–Trinajstić information content (AvgIpc) is 2.72. The van der Waals surface area contributed by atoms with E-state index >= 15 is 0 Å². The minimum atomic E-state index is -0.227. The molecule has 0 aliphatic heterocycles. The second kappa shape index (κ2) is 7.48. The first kappa shape index (κ1) is 17.7. The highest BCUT2D eigenvalue weighted by Gasteiger charge is 2.11. The van der Waals surface area contributed by atoms with Crippen molar-refractivity contribution >= 4 is 33.9 Å². The third kappa shape index (κ3) is 3.55. The minimum absolute atomic E-state index is 0.227. The van der Waals surface area contributed by atoms with Gasteiger partial charge in [-0.15, -0.1) is 0 Å². The van der Waals surface area contributed by atoms with E-state index in [0.717, 1.165) is 22.3 Å². The SMILES string of the molecule is Cc1cccc(Nc2cncc(C(=O)Nc3cccc4cccnc34)c2)c1C. The van der Waals surface area contributed by atoms with Gasteiger partial charge in [0.1, 0.15) is 0 Å². The van der Waals surface area contributed by atoms with Crippen LogP contribution in [0.5, 0.6) is 0 Å². The van der Waals surface area contributed by atoms with E-state index in [1.165, 1.54) is 11.1 Å². The summed E-state index contributed by atoms with van der Waals surface area (Å²) in [6.07, 6.45) is 4.98. The van der Waals surface area contributed by atoms with Crippen molar-refractivity contribution in [3.63, 3.8) is 0 Å². The molecule has 28 heavy (non-hydrogen) atoms. The first-order valence-corrected chi connectivity index (χ1v) is 9.05. The molecular formula is C23H20N4O. The van der Waals surface area contributed by atoms with Gasteiger partial charge in [-0.1, -0.05) is 30.3 Å². The maximum atomic E-state index is 12.8. The number of hydrogen-bond donors (Lipinski definition) is 2. The summed E-state index contributed by atoms with van der Waals surface area (Å²) in [6, 6.07) is 17.4. The van der Waals surface area contributed by atoms with Crippen LogP contribution in [0.3, 0.4) is 0 Å². The lowest BCUT2D eigenvalue weighted by Crippen LogP contribution is -2.13. The van der Waals surface area contributed by atoms with Crippen LogP contribution in [0.1, 0.15) is 21.5 Å². The second-order valence-corrected chi connectivity index (χ2v) is 6.67. The number of hydrogen-bond acceptors (Lipinski definition) is 4. The summed E-state index contributed by atoms with van der Waals surface area (Å²) >= 11 is 0. The molecule has 2 heterocycles. The molecule has 5 heteroatoms. The molecule has 0 saturated carbocycles. The van der Waals surface area contributed by atoms with Gasteiger partial charge < -0.3 is 10.6 Å². The predicted molar refractivity (Wildman–Crippen MR) is 113 cm³/mol. The largest absolute Gasteiger partial charge is 0.354 e. The van der Waals surface area contributed by atoms with Crippen LogP contribution in [-0.2, 0) is 0 Å². The van der Waals surface area contributed by atoms with Gasteiger partial charge in [0.05, 0.1) is 28.7 Å². The van der Waals surface area contributed by atoms with Crippen LogP contribution >= 0.6 is 0 Å². The molecule has 2 aromatic heterocycles. The average molecular weight is 368 g/mol. The zero-order valence-corrected chi connectivity index (χ0v) is 15.7. The Balaban J connectivity index is 1.58. The van der Waals surface area contributed by atoms with Crippen molar-refractivity contribution in [3.8, 4) is 0 Å². The van der Waals surface area contributed by atoms with Crippen molar-refractivity contribution in [2.75, 3.05) is 10.6 Å². The molecule has 4 aromatic rings. The molecule has 0 atom stereocenters. The van der Waals surface area contributed by atoms with Gasteiger partial charge in [0.15, 0.2) is 0 Å². The molecule has 5 nitrogen and oxygen atoms in total. The lowest BCUT2D eigenvalue weighted by atomic mass is 10.1. The standard InChI is InChI=1S/C23H20N4O/c1-15-6-3-9-20(16(15)2)26-19-12-18(13-24-14-19)23(28)27-21-10-4-7-17-8-5-11-25-22(17)21/h3-14,26H,1-2H3,(H,27,28). The fourth-order valence-corrected chi connectivity index (χ4v) is 3.07. The Morgan fingerprint density at radius 1 is 0.929 bits per heavy atom. The Morgan fingerprint density at radius 2 is 1.71 bits per heavy atom. The molecule has 0 radical (unpaired) electrons. The minimum Gasteiger partial charge on any atom is -0.354 e. The highest BCUT2D eigenvalue weighted by molar-refractivity contribution is 6.08. The fraction of sp³-hybridized carbons (Fsp3) is 0.0870. The van der Waals surface area contributed by atoms with Gasteiger partial charge in [-0.25, -0.2) is 0 Å². The number of anilines is 3. The molecule has 1 amide bonds. The lowest BCUT2D eigenvalue weighted by molar-refractivity contribution is 0.102. The van der Waals surface area contributed by atoms with Crippen molar-refractivity contribution in [1.29, 1.82) is 0 Å². The molecule has 0 bridgehead atoms. The Bertz CT molecular complexity index is 1160. The smallest absolute Gasteiger partial charge is 0.257 e. The number of pyridine rings is 2. The van der Waals surface area contributed by atoms with Gasteiger partial charge in [0.2, 0.25) is 0 Å². The van der Waals surface area contributed by atoms with E-state index in [1.807, 2.05) is 42.5 Å². The maximum Gasteiger partial charge on any atom is 0.257 e. The first-order chi connectivity index (χ1) is 13.6. The Morgan fingerprint density at radius 3 is 2.61 bits per heavy atom. The van der Waals surface area contributed by atoms with Gasteiger partial charge in [0, 0.05) is 23.5 Å². The molecule has 0 aliphatic rings. The molecule has 2 N–H and O–H groups in total. The van der Waals surface area contributed by atoms with E-state index in [4.69, 9.17) is 0 Å². The topological polar surface area (TPSA) is 66.9 Å². The fourth-order valence-electron chi connectivity index (χ4n) is 3.07. The number of nitrogens with zero attached hydrogens (tertiary/aromatic N) is 2. The molecule has 0 fully saturated rings. The number of carbonyl (C=O) groups excluding carboxylic acids is 1. The van der Waals surface area contributed by atoms with Crippen LogP contribution in [0.2, 0.25) is 0 Å². The molecule has 138 valence electrons. The van der Waals surface area contributed by atoms with Gasteiger partial charge in [-0.05, 0) is 49.2 Å². The van der Waals surface area contributed by atoms with Crippen molar-refractivity contribution in [2.24, 2.45) is 0 Å². The third-order valence-electron chi connectivity index (χ3n) is 4.76. The van der Waals surface area contributed by atoms with Gasteiger partial charge in [-0.3, -0.25) is 14.8 Å². The number of nitrogens with one attached hydrogen (secondary N) is 2. The van der Waals surface area contributed by atoms with Crippen molar-refractivity contribution in [1.82, 2.24) is 9.97 Å². The van der Waals surface area contributed by atoms with E-state index in [0.29, 0.717) is 11.3 Å². The van der Waals surface area contributed by atoms with Crippen LogP contribution in [-0.4, -0.2) is 15.9 Å². The zero-order chi connectivity index (χ0) is 19.5. The second-order valence-electron chi connectivity index (χ2n) is 6.67. The summed E-state index contributed by atoms with van der Waals surface area (Å²) in [6.45, 7) is 4.13. The number of aromatic nitrogens is 2. The molecule has 4 rings (SSSR count). The van der Waals surface area contributed by atoms with E-state index in [9.17, 15) is 4.79 Å². The van der Waals surface area contributed by atoms with Crippen LogP contribution in [0.15, 0.2) is 73.2 Å². The molecule has 0 unspecified atom stereocenters. The van der Waals surface area contributed by atoms with Crippen LogP contribution in [0.4, 0.5) is 17.1 Å². The number of fused-ring (bicyclic) bond motifs is 1. The van der Waals surface area contributed by atoms with Gasteiger partial charge in [-0.2, -0.15) is 0 Å². The third-order valence-corrected chi connectivity index (χ3v) is 4.76. The molecular weight excluding hydrogens is 348 g/mol.